The van der Waals surface area contributed by atoms with Gasteiger partial charge in [0.2, 0.25) is 0 Å². The Labute approximate surface area is 102 Å². The lowest BCUT2D eigenvalue weighted by atomic mass is 10.1. The molecule has 0 bridgehead atoms. The maximum absolute atomic E-state index is 9.79. The van der Waals surface area contributed by atoms with Crippen LogP contribution in [0.25, 0.3) is 5.69 Å². The Hall–Kier alpha value is -1.61. The third kappa shape index (κ3) is 1.98. The van der Waals surface area contributed by atoms with Gasteiger partial charge in [-0.1, -0.05) is 18.2 Å². The molecule has 2 aromatic rings. The predicted molar refractivity (Wildman–Crippen MR) is 68.4 cm³/mol. The second-order valence-electron chi connectivity index (χ2n) is 4.44. The predicted octanol–water partition coefficient (Wildman–Crippen LogP) is 2.85. The van der Waals surface area contributed by atoms with Gasteiger partial charge in [-0.25, -0.2) is 4.68 Å². The number of aliphatic hydroxyl groups excluding tert-OH is 1. The summed E-state index contributed by atoms with van der Waals surface area (Å²) < 4.78 is 1.91. The fourth-order valence-corrected chi connectivity index (χ4v) is 1.99. The standard InChI is InChI=1S/C14H18N2O/c1-9-10(2)15-16(11(9)3)14-8-6-5-7-13(14)12(4)17/h5-8,12,17H,1-4H3/t12-/m1/s1. The van der Waals surface area contributed by atoms with Crippen LogP contribution in [-0.2, 0) is 0 Å². The van der Waals surface area contributed by atoms with E-state index in [-0.39, 0.29) is 0 Å². The zero-order valence-corrected chi connectivity index (χ0v) is 10.7. The molecule has 1 N–H and O–H groups in total. The number of aromatic nitrogens is 2. The summed E-state index contributed by atoms with van der Waals surface area (Å²) in [7, 11) is 0. The van der Waals surface area contributed by atoms with Crippen LogP contribution in [-0.4, -0.2) is 14.9 Å². The van der Waals surface area contributed by atoms with Gasteiger partial charge in [0.15, 0.2) is 0 Å². The van der Waals surface area contributed by atoms with Crippen molar-refractivity contribution in [2.45, 2.75) is 33.8 Å². The molecule has 2 rings (SSSR count). The number of benzene rings is 1. The summed E-state index contributed by atoms with van der Waals surface area (Å²) in [5, 5.41) is 14.3. The minimum absolute atomic E-state index is 0.490. The number of aliphatic hydroxyl groups is 1. The summed E-state index contributed by atoms with van der Waals surface area (Å²) in [6, 6.07) is 7.82. The molecule has 0 fully saturated rings. The third-order valence-corrected chi connectivity index (χ3v) is 3.27. The molecule has 0 spiro atoms. The van der Waals surface area contributed by atoms with Crippen LogP contribution in [0.4, 0.5) is 0 Å². The van der Waals surface area contributed by atoms with Gasteiger partial charge < -0.3 is 5.11 Å². The van der Waals surface area contributed by atoms with E-state index in [0.29, 0.717) is 0 Å². The van der Waals surface area contributed by atoms with Crippen LogP contribution in [0.3, 0.4) is 0 Å². The second kappa shape index (κ2) is 4.34. The van der Waals surface area contributed by atoms with Gasteiger partial charge in [-0.3, -0.25) is 0 Å². The monoisotopic (exact) mass is 230 g/mol. The van der Waals surface area contributed by atoms with Crippen LogP contribution in [0, 0.1) is 20.8 Å². The zero-order valence-electron chi connectivity index (χ0n) is 10.7. The van der Waals surface area contributed by atoms with Crippen molar-refractivity contribution < 1.29 is 5.11 Å². The zero-order chi connectivity index (χ0) is 12.6. The quantitative estimate of drug-likeness (QED) is 0.861. The van der Waals surface area contributed by atoms with Crippen molar-refractivity contribution in [1.29, 1.82) is 0 Å². The number of hydrogen-bond donors (Lipinski definition) is 1. The minimum Gasteiger partial charge on any atom is -0.389 e. The first kappa shape index (κ1) is 11.9. The van der Waals surface area contributed by atoms with E-state index < -0.39 is 6.10 Å². The topological polar surface area (TPSA) is 38.0 Å². The summed E-state index contributed by atoms with van der Waals surface area (Å²) >= 11 is 0. The molecule has 0 aliphatic carbocycles. The van der Waals surface area contributed by atoms with Crippen LogP contribution >= 0.6 is 0 Å². The molecule has 1 atom stereocenters. The summed E-state index contributed by atoms with van der Waals surface area (Å²) in [5.41, 5.74) is 5.21. The van der Waals surface area contributed by atoms with E-state index in [0.717, 1.165) is 22.6 Å². The van der Waals surface area contributed by atoms with Crippen molar-refractivity contribution in [3.8, 4) is 5.69 Å². The molecule has 0 aliphatic rings. The van der Waals surface area contributed by atoms with Gasteiger partial charge in [0.1, 0.15) is 0 Å². The Morgan fingerprint density at radius 3 is 2.35 bits per heavy atom. The van der Waals surface area contributed by atoms with Crippen molar-refractivity contribution in [3.63, 3.8) is 0 Å². The molecule has 0 radical (unpaired) electrons. The highest BCUT2D eigenvalue weighted by Gasteiger charge is 2.13. The Bertz CT molecular complexity index is 541. The van der Waals surface area contributed by atoms with Gasteiger partial charge in [-0.2, -0.15) is 5.10 Å². The Kier molecular flexibility index (Phi) is 3.03. The first-order valence-corrected chi connectivity index (χ1v) is 5.82. The molecule has 1 heterocycles. The lowest BCUT2D eigenvalue weighted by molar-refractivity contribution is 0.199. The molecular formula is C14H18N2O. The largest absolute Gasteiger partial charge is 0.389 e. The maximum atomic E-state index is 9.79. The Morgan fingerprint density at radius 1 is 1.18 bits per heavy atom. The van der Waals surface area contributed by atoms with E-state index in [9.17, 15) is 5.11 Å². The van der Waals surface area contributed by atoms with Gasteiger partial charge in [0.25, 0.3) is 0 Å². The van der Waals surface area contributed by atoms with Crippen LogP contribution in [0.1, 0.15) is 35.5 Å². The van der Waals surface area contributed by atoms with E-state index >= 15 is 0 Å². The highest BCUT2D eigenvalue weighted by Crippen LogP contribution is 2.24. The first-order chi connectivity index (χ1) is 8.02. The van der Waals surface area contributed by atoms with Gasteiger partial charge in [0.05, 0.1) is 17.5 Å². The smallest absolute Gasteiger partial charge is 0.0782 e. The van der Waals surface area contributed by atoms with Crippen molar-refractivity contribution in [1.82, 2.24) is 9.78 Å². The second-order valence-corrected chi connectivity index (χ2v) is 4.44. The number of nitrogens with zero attached hydrogens (tertiary/aromatic N) is 2. The Morgan fingerprint density at radius 2 is 1.82 bits per heavy atom. The highest BCUT2D eigenvalue weighted by molar-refractivity contribution is 5.44. The summed E-state index contributed by atoms with van der Waals surface area (Å²) in [6.07, 6.45) is -0.490. The van der Waals surface area contributed by atoms with Crippen molar-refractivity contribution in [2.75, 3.05) is 0 Å². The molecule has 17 heavy (non-hydrogen) atoms. The van der Waals surface area contributed by atoms with Gasteiger partial charge in [-0.15, -0.1) is 0 Å². The highest BCUT2D eigenvalue weighted by atomic mass is 16.3. The van der Waals surface area contributed by atoms with Gasteiger partial charge in [-0.05, 0) is 39.3 Å². The number of para-hydroxylation sites is 1. The molecule has 90 valence electrons. The average Bonchev–Trinajstić information content (AvgIpc) is 2.57. The van der Waals surface area contributed by atoms with Gasteiger partial charge in [0, 0.05) is 11.3 Å². The summed E-state index contributed by atoms with van der Waals surface area (Å²) in [4.78, 5) is 0. The number of aryl methyl sites for hydroxylation is 1. The van der Waals surface area contributed by atoms with Crippen molar-refractivity contribution in [2.24, 2.45) is 0 Å². The molecule has 3 nitrogen and oxygen atoms in total. The van der Waals surface area contributed by atoms with E-state index in [1.165, 1.54) is 5.56 Å². The lowest BCUT2D eigenvalue weighted by Crippen LogP contribution is -2.05. The van der Waals surface area contributed by atoms with E-state index in [2.05, 4.69) is 12.0 Å². The molecule has 1 aromatic carbocycles. The first-order valence-electron chi connectivity index (χ1n) is 5.82. The van der Waals surface area contributed by atoms with E-state index in [1.807, 2.05) is 42.8 Å². The van der Waals surface area contributed by atoms with E-state index in [4.69, 9.17) is 0 Å². The normalized spacial score (nSPS) is 12.8. The number of hydrogen-bond acceptors (Lipinski definition) is 2. The minimum atomic E-state index is -0.490. The molecule has 0 saturated carbocycles. The lowest BCUT2D eigenvalue weighted by Gasteiger charge is -2.13. The van der Waals surface area contributed by atoms with Crippen LogP contribution in [0.5, 0.6) is 0 Å². The molecule has 0 unspecified atom stereocenters. The SMILES string of the molecule is Cc1nn(-c2ccccc2[C@@H](C)O)c(C)c1C. The van der Waals surface area contributed by atoms with Crippen LogP contribution in [0.15, 0.2) is 24.3 Å². The van der Waals surface area contributed by atoms with Crippen LogP contribution < -0.4 is 0 Å². The fourth-order valence-electron chi connectivity index (χ4n) is 1.99. The maximum Gasteiger partial charge on any atom is 0.0782 e. The molecule has 1 aromatic heterocycles. The molecule has 0 aliphatic heterocycles. The van der Waals surface area contributed by atoms with Crippen molar-refractivity contribution >= 4 is 0 Å². The average molecular weight is 230 g/mol. The Balaban J connectivity index is 2.64. The van der Waals surface area contributed by atoms with E-state index in [1.54, 1.807) is 6.92 Å². The molecule has 3 heteroatoms. The molecular weight excluding hydrogens is 212 g/mol. The molecule has 0 amide bonds. The molecule has 0 saturated heterocycles. The summed E-state index contributed by atoms with van der Waals surface area (Å²) in [6.45, 7) is 7.90. The number of rotatable bonds is 2. The van der Waals surface area contributed by atoms with Crippen molar-refractivity contribution in [3.05, 3.63) is 46.8 Å². The third-order valence-electron chi connectivity index (χ3n) is 3.27. The van der Waals surface area contributed by atoms with Gasteiger partial charge >= 0.3 is 0 Å². The fraction of sp³-hybridized carbons (Fsp3) is 0.357. The summed E-state index contributed by atoms with van der Waals surface area (Å²) in [5.74, 6) is 0. The van der Waals surface area contributed by atoms with Crippen LogP contribution in [0.2, 0.25) is 0 Å².